The molecular formula is C13H9Cl2I. The molecule has 0 unspecified atom stereocenters. The molecule has 0 aliphatic carbocycles. The fourth-order valence-electron chi connectivity index (χ4n) is 1.49. The lowest BCUT2D eigenvalue weighted by molar-refractivity contribution is 1.18. The minimum absolute atomic E-state index is 0.773. The largest absolute Gasteiger partial charge is 0.0843 e. The summed E-state index contributed by atoms with van der Waals surface area (Å²) < 4.78 is 1.19. The maximum atomic E-state index is 5.92. The predicted octanol–water partition coefficient (Wildman–Crippen LogP) is 5.19. The van der Waals surface area contributed by atoms with Gasteiger partial charge in [-0.25, -0.2) is 0 Å². The van der Waals surface area contributed by atoms with Crippen LogP contribution in [-0.4, -0.2) is 0 Å². The Labute approximate surface area is 119 Å². The maximum absolute atomic E-state index is 5.92. The zero-order valence-electron chi connectivity index (χ0n) is 8.38. The van der Waals surface area contributed by atoms with E-state index in [1.807, 2.05) is 36.4 Å². The van der Waals surface area contributed by atoms with Gasteiger partial charge in [0.1, 0.15) is 0 Å². The van der Waals surface area contributed by atoms with E-state index in [2.05, 4.69) is 28.7 Å². The highest BCUT2D eigenvalue weighted by atomic mass is 127. The Bertz CT molecular complexity index is 492. The Morgan fingerprint density at radius 1 is 0.875 bits per heavy atom. The summed E-state index contributed by atoms with van der Waals surface area (Å²) in [5, 5.41) is 1.55. The topological polar surface area (TPSA) is 0 Å². The molecule has 0 spiro atoms. The molecule has 0 aliphatic rings. The molecule has 0 radical (unpaired) electrons. The molecule has 2 aromatic rings. The fourth-order valence-corrected chi connectivity index (χ4v) is 2.68. The average Bonchev–Trinajstić information content (AvgIpc) is 2.25. The van der Waals surface area contributed by atoms with Crippen LogP contribution in [0.25, 0.3) is 0 Å². The lowest BCUT2D eigenvalue weighted by atomic mass is 10.1. The summed E-state index contributed by atoms with van der Waals surface area (Å²) in [4.78, 5) is 0. The van der Waals surface area contributed by atoms with Crippen LogP contribution >= 0.6 is 45.8 Å². The summed E-state index contributed by atoms with van der Waals surface area (Å²) in [5.41, 5.74) is 2.54. The van der Waals surface area contributed by atoms with Crippen molar-refractivity contribution in [3.63, 3.8) is 0 Å². The highest BCUT2D eigenvalue weighted by Crippen LogP contribution is 2.21. The minimum atomic E-state index is 0.773. The molecule has 0 saturated carbocycles. The SMILES string of the molecule is Clc1ccc(Cc2ccc(Cl)cc2I)cc1. The number of benzene rings is 2. The quantitative estimate of drug-likeness (QED) is 0.645. The Kier molecular flexibility index (Phi) is 4.11. The molecule has 0 fully saturated rings. The second-order valence-electron chi connectivity index (χ2n) is 3.54. The number of hydrogen-bond acceptors (Lipinski definition) is 0. The van der Waals surface area contributed by atoms with Gasteiger partial charge < -0.3 is 0 Å². The zero-order chi connectivity index (χ0) is 11.5. The second-order valence-corrected chi connectivity index (χ2v) is 5.57. The van der Waals surface area contributed by atoms with Crippen molar-refractivity contribution in [3.8, 4) is 0 Å². The molecule has 0 aromatic heterocycles. The van der Waals surface area contributed by atoms with Crippen LogP contribution in [0, 0.1) is 3.57 Å². The van der Waals surface area contributed by atoms with E-state index in [1.54, 1.807) is 0 Å². The van der Waals surface area contributed by atoms with Crippen LogP contribution in [0.1, 0.15) is 11.1 Å². The highest BCUT2D eigenvalue weighted by molar-refractivity contribution is 14.1. The van der Waals surface area contributed by atoms with Gasteiger partial charge in [-0.3, -0.25) is 0 Å². The first-order valence-electron chi connectivity index (χ1n) is 4.83. The molecule has 0 atom stereocenters. The van der Waals surface area contributed by atoms with Crippen molar-refractivity contribution < 1.29 is 0 Å². The van der Waals surface area contributed by atoms with Crippen molar-refractivity contribution in [1.29, 1.82) is 0 Å². The van der Waals surface area contributed by atoms with Crippen LogP contribution in [0.4, 0.5) is 0 Å². The lowest BCUT2D eigenvalue weighted by Crippen LogP contribution is -1.91. The Morgan fingerprint density at radius 2 is 1.50 bits per heavy atom. The van der Waals surface area contributed by atoms with Crippen LogP contribution in [0.5, 0.6) is 0 Å². The monoisotopic (exact) mass is 362 g/mol. The van der Waals surface area contributed by atoms with Gasteiger partial charge >= 0.3 is 0 Å². The van der Waals surface area contributed by atoms with Gasteiger partial charge in [0.05, 0.1) is 0 Å². The molecule has 16 heavy (non-hydrogen) atoms. The summed E-state index contributed by atoms with van der Waals surface area (Å²) >= 11 is 14.1. The maximum Gasteiger partial charge on any atom is 0.0416 e. The van der Waals surface area contributed by atoms with E-state index in [0.29, 0.717) is 0 Å². The van der Waals surface area contributed by atoms with Crippen molar-refractivity contribution in [2.75, 3.05) is 0 Å². The molecule has 0 saturated heterocycles. The van der Waals surface area contributed by atoms with Crippen LogP contribution in [0.15, 0.2) is 42.5 Å². The smallest absolute Gasteiger partial charge is 0.0416 e. The molecule has 3 heteroatoms. The lowest BCUT2D eigenvalue weighted by Gasteiger charge is -2.05. The van der Waals surface area contributed by atoms with Crippen molar-refractivity contribution >= 4 is 45.8 Å². The Morgan fingerprint density at radius 3 is 2.12 bits per heavy atom. The highest BCUT2D eigenvalue weighted by Gasteiger charge is 2.02. The van der Waals surface area contributed by atoms with Gasteiger partial charge in [0.2, 0.25) is 0 Å². The van der Waals surface area contributed by atoms with Crippen molar-refractivity contribution in [2.24, 2.45) is 0 Å². The van der Waals surface area contributed by atoms with Crippen molar-refractivity contribution in [1.82, 2.24) is 0 Å². The van der Waals surface area contributed by atoms with Gasteiger partial charge in [-0.15, -0.1) is 0 Å². The van der Waals surface area contributed by atoms with E-state index in [9.17, 15) is 0 Å². The predicted molar refractivity (Wildman–Crippen MR) is 78.4 cm³/mol. The van der Waals surface area contributed by atoms with E-state index in [4.69, 9.17) is 23.2 Å². The summed E-state index contributed by atoms with van der Waals surface area (Å²) in [7, 11) is 0. The molecule has 0 bridgehead atoms. The summed E-state index contributed by atoms with van der Waals surface area (Å²) in [5.74, 6) is 0. The van der Waals surface area contributed by atoms with E-state index < -0.39 is 0 Å². The van der Waals surface area contributed by atoms with Gasteiger partial charge in [-0.2, -0.15) is 0 Å². The molecular weight excluding hydrogens is 354 g/mol. The first kappa shape index (κ1) is 12.2. The first-order chi connectivity index (χ1) is 7.65. The van der Waals surface area contributed by atoms with Gasteiger partial charge in [-0.1, -0.05) is 41.4 Å². The van der Waals surface area contributed by atoms with Gasteiger partial charge in [-0.05, 0) is 64.4 Å². The van der Waals surface area contributed by atoms with Crippen LogP contribution in [-0.2, 0) is 6.42 Å². The van der Waals surface area contributed by atoms with Gasteiger partial charge in [0.25, 0.3) is 0 Å². The van der Waals surface area contributed by atoms with Gasteiger partial charge in [0.15, 0.2) is 0 Å². The average molecular weight is 363 g/mol. The molecule has 2 aromatic carbocycles. The Balaban J connectivity index is 2.23. The second kappa shape index (κ2) is 5.39. The van der Waals surface area contributed by atoms with E-state index in [-0.39, 0.29) is 0 Å². The Hall–Kier alpha value is -0.250. The molecule has 0 amide bonds. The summed E-state index contributed by atoms with van der Waals surface area (Å²) in [6.45, 7) is 0. The molecule has 82 valence electrons. The normalized spacial score (nSPS) is 10.4. The summed E-state index contributed by atoms with van der Waals surface area (Å²) in [6.07, 6.45) is 0.909. The first-order valence-corrected chi connectivity index (χ1v) is 6.67. The van der Waals surface area contributed by atoms with Crippen LogP contribution in [0.3, 0.4) is 0 Å². The van der Waals surface area contributed by atoms with Crippen LogP contribution < -0.4 is 0 Å². The van der Waals surface area contributed by atoms with E-state index in [1.165, 1.54) is 14.7 Å². The van der Waals surface area contributed by atoms with Crippen LogP contribution in [0.2, 0.25) is 10.0 Å². The molecule has 0 N–H and O–H groups in total. The van der Waals surface area contributed by atoms with Crippen molar-refractivity contribution in [2.45, 2.75) is 6.42 Å². The molecule has 2 rings (SSSR count). The third kappa shape index (κ3) is 3.12. The molecule has 0 heterocycles. The van der Waals surface area contributed by atoms with Gasteiger partial charge in [0, 0.05) is 13.6 Å². The molecule has 0 nitrogen and oxygen atoms in total. The standard InChI is InChI=1S/C13H9Cl2I/c14-11-4-1-9(2-5-11)7-10-3-6-12(15)8-13(10)16/h1-6,8H,7H2. The van der Waals surface area contributed by atoms with E-state index >= 15 is 0 Å². The number of hydrogen-bond donors (Lipinski definition) is 0. The summed E-state index contributed by atoms with van der Waals surface area (Å²) in [6, 6.07) is 13.9. The number of rotatable bonds is 2. The van der Waals surface area contributed by atoms with E-state index in [0.717, 1.165) is 16.5 Å². The minimum Gasteiger partial charge on any atom is -0.0843 e. The zero-order valence-corrected chi connectivity index (χ0v) is 12.1. The van der Waals surface area contributed by atoms with Crippen molar-refractivity contribution in [3.05, 3.63) is 67.2 Å². The molecule has 0 aliphatic heterocycles. The number of halogens is 3. The third-order valence-electron chi connectivity index (χ3n) is 2.32. The fraction of sp³-hybridized carbons (Fsp3) is 0.0769. The third-order valence-corrected chi connectivity index (χ3v) is 3.81.